The second-order valence-electron chi connectivity index (χ2n) is 21.2. The molecule has 0 radical (unpaired) electrons. The van der Waals surface area contributed by atoms with Crippen LogP contribution in [-0.4, -0.2) is 148 Å². The number of likely N-dealkylation sites (N-methyl/N-ethyl adjacent to an activating group) is 1. The van der Waals surface area contributed by atoms with Crippen molar-refractivity contribution in [2.45, 2.75) is 160 Å². The molecule has 3 aliphatic rings. The number of hydrogen-bond donors (Lipinski definition) is 6. The summed E-state index contributed by atoms with van der Waals surface area (Å²) in [6.07, 6.45) is 4.14. The van der Waals surface area contributed by atoms with Crippen LogP contribution in [0.5, 0.6) is 5.75 Å². The zero-order valence-electron chi connectivity index (χ0n) is 47.8. The Morgan fingerprint density at radius 1 is 1.02 bits per heavy atom. The Kier molecular flexibility index (Phi) is 23.9. The highest BCUT2D eigenvalue weighted by molar-refractivity contribution is 6.35. The lowest BCUT2D eigenvalue weighted by Gasteiger charge is -2.36. The van der Waals surface area contributed by atoms with E-state index in [0.717, 1.165) is 22.3 Å². The van der Waals surface area contributed by atoms with Gasteiger partial charge in [-0.2, -0.15) is 0 Å². The molecular weight excluding hydrogens is 1070 g/mol. The average molecular weight is 1150 g/mol. The molecule has 0 aliphatic carbocycles. The number of esters is 1. The first kappa shape index (κ1) is 64.6. The molecule has 0 saturated carbocycles. The number of carbonyl (C=O) groups excluding carboxylic acids is 9. The van der Waals surface area contributed by atoms with Crippen LogP contribution in [0.4, 0.5) is 25.8 Å². The van der Waals surface area contributed by atoms with Gasteiger partial charge < -0.3 is 70.4 Å². The number of fused-ring (bicyclic) bond motifs is 5. The summed E-state index contributed by atoms with van der Waals surface area (Å²) in [6.45, 7) is 10.4. The standard InChI is InChI=1S/C57H79ClN8O15/c1-32(2)49(64-46(68)19-12-11-13-25-67)52(71)62-39(17-15-24-60-54(59)73)51(70)61-38-22-20-36(21-23-38)31-78-56(75)65(7)35(5)53(72)80-45-30-47(69)66(8)41-27-37(28-44(77-10)48(41)58)26-33(3)16-14-18-42(76-9)40-29-43(79-55(74)63-40)34(4)50-57(45,6)81-50/h14,16,18,20-23,25,27-28,32,34-35,39-40,42-43,45,49-50H,11-13,15,17,19,24,26,29-31H2,1-10H3,(H,61,70)(H,62,71)(H,63,74)(H,64,68)(H3,59,60,73)/b18-14+,33-16+/t34-,35+,39+,40?,42?,43+,45+,49?,50+,57+/m1/s1. The van der Waals surface area contributed by atoms with Crippen LogP contribution in [0.3, 0.4) is 0 Å². The number of alkyl carbamates (subject to hydrolysis) is 1. The van der Waals surface area contributed by atoms with Gasteiger partial charge in [0.25, 0.3) is 0 Å². The molecule has 3 unspecified atom stereocenters. The minimum atomic E-state index is -1.26. The molecule has 2 aromatic rings. The van der Waals surface area contributed by atoms with Gasteiger partial charge in [0.15, 0.2) is 0 Å². The SMILES string of the molecule is COc1cc2cc(c1Cl)N(C)C(=O)C[C@H](OC(=O)[C@H](C)N(C)C(=O)OCc1ccc(NC(=O)[C@H](CCCNC(N)=O)NC(=O)C(NC(=O)CCCCC=O)C(C)C)cc1)[C@]1(C)O[C@H]1[C@H](C)[C@@H]1CC(NC(=O)O1)C(OC)/C=C/C=C(\C)C2. The Morgan fingerprint density at radius 3 is 2.40 bits per heavy atom. The number of methoxy groups -OCH3 is 2. The van der Waals surface area contributed by atoms with Gasteiger partial charge in [0.05, 0.1) is 37.5 Å². The summed E-state index contributed by atoms with van der Waals surface area (Å²) in [5.41, 5.74) is 6.91. The Morgan fingerprint density at radius 2 is 1.74 bits per heavy atom. The van der Waals surface area contributed by atoms with Crippen LogP contribution in [0.1, 0.15) is 104 Å². The third-order valence-electron chi connectivity index (χ3n) is 14.8. The number of nitrogens with zero attached hydrogens (tertiary/aromatic N) is 2. The number of rotatable bonds is 22. The summed E-state index contributed by atoms with van der Waals surface area (Å²) in [5.74, 6) is -3.33. The topological polar surface area (TPSA) is 305 Å². The largest absolute Gasteiger partial charge is 0.495 e. The number of epoxide rings is 1. The maximum atomic E-state index is 14.4. The Balaban J connectivity index is 1.27. The normalized spacial score (nSPS) is 24.0. The highest BCUT2D eigenvalue weighted by Crippen LogP contribution is 2.49. The van der Waals surface area contributed by atoms with Gasteiger partial charge in [-0.15, -0.1) is 0 Å². The predicted octanol–water partition coefficient (Wildman–Crippen LogP) is 5.78. The monoisotopic (exact) mass is 1150 g/mol. The number of unbranched alkanes of at least 4 members (excludes halogenated alkanes) is 2. The molecule has 24 heteroatoms. The number of aldehydes is 1. The van der Waals surface area contributed by atoms with Gasteiger partial charge in [0.2, 0.25) is 23.6 Å². The lowest BCUT2D eigenvalue weighted by Crippen LogP contribution is -2.54. The Labute approximate surface area is 478 Å². The first-order valence-electron chi connectivity index (χ1n) is 27.1. The molecule has 3 heterocycles. The van der Waals surface area contributed by atoms with Crippen molar-refractivity contribution >= 4 is 77.1 Å². The molecule has 2 saturated heterocycles. The molecule has 8 amide bonds. The first-order chi connectivity index (χ1) is 38.4. The van der Waals surface area contributed by atoms with Crippen molar-refractivity contribution in [3.05, 3.63) is 76.3 Å². The molecule has 10 atom stereocenters. The smallest absolute Gasteiger partial charge is 0.410 e. The van der Waals surface area contributed by atoms with Crippen LogP contribution >= 0.6 is 11.6 Å². The van der Waals surface area contributed by atoms with E-state index in [-0.39, 0.29) is 55.7 Å². The van der Waals surface area contributed by atoms with Gasteiger partial charge in [0.1, 0.15) is 59.6 Å². The van der Waals surface area contributed by atoms with Gasteiger partial charge in [-0.3, -0.25) is 24.1 Å². The number of nitrogens with one attached hydrogen (secondary N) is 5. The third kappa shape index (κ3) is 18.1. The van der Waals surface area contributed by atoms with E-state index in [1.807, 2.05) is 32.1 Å². The average Bonchev–Trinajstić information content (AvgIpc) is 4.34. The Hall–Kier alpha value is -7.24. The van der Waals surface area contributed by atoms with Crippen molar-refractivity contribution in [2.75, 3.05) is 45.1 Å². The van der Waals surface area contributed by atoms with Crippen molar-refractivity contribution < 1.29 is 71.6 Å². The quantitative estimate of drug-likeness (QED) is 0.0268. The summed E-state index contributed by atoms with van der Waals surface area (Å²) in [4.78, 5) is 119. The van der Waals surface area contributed by atoms with Gasteiger partial charge in [0, 0.05) is 58.6 Å². The molecule has 444 valence electrons. The molecule has 81 heavy (non-hydrogen) atoms. The lowest BCUT2D eigenvalue weighted by molar-refractivity contribution is -0.158. The van der Waals surface area contributed by atoms with E-state index in [1.54, 1.807) is 71.3 Å². The fraction of sp³-hybridized carbons (Fsp3) is 0.561. The van der Waals surface area contributed by atoms with E-state index in [4.69, 9.17) is 45.8 Å². The molecule has 0 spiro atoms. The van der Waals surface area contributed by atoms with Crippen LogP contribution < -0.4 is 42.0 Å². The summed E-state index contributed by atoms with van der Waals surface area (Å²) in [6, 6.07) is 5.40. The van der Waals surface area contributed by atoms with Crippen molar-refractivity contribution in [1.29, 1.82) is 0 Å². The third-order valence-corrected chi connectivity index (χ3v) is 15.1. The number of benzene rings is 2. The number of allylic oxidation sites excluding steroid dienone is 3. The molecule has 7 N–H and O–H groups in total. The van der Waals surface area contributed by atoms with Crippen molar-refractivity contribution in [3.63, 3.8) is 0 Å². The molecular formula is C57H79ClN8O15. The molecule has 5 rings (SSSR count). The highest BCUT2D eigenvalue weighted by atomic mass is 35.5. The summed E-state index contributed by atoms with van der Waals surface area (Å²) >= 11 is 6.83. The lowest BCUT2D eigenvalue weighted by atomic mass is 9.84. The predicted molar refractivity (Wildman–Crippen MR) is 300 cm³/mol. The van der Waals surface area contributed by atoms with Crippen LogP contribution in [0.2, 0.25) is 5.02 Å². The minimum absolute atomic E-state index is 0.100. The zero-order chi connectivity index (χ0) is 59.7. The summed E-state index contributed by atoms with van der Waals surface area (Å²) in [5, 5.41) is 13.7. The summed E-state index contributed by atoms with van der Waals surface area (Å²) < 4.78 is 35.3. The number of ether oxygens (including phenoxy) is 6. The van der Waals surface area contributed by atoms with Crippen LogP contribution in [0.25, 0.3) is 0 Å². The second kappa shape index (κ2) is 30.0. The number of anilines is 2. The molecule has 0 aromatic heterocycles. The maximum absolute atomic E-state index is 14.4. The van der Waals surface area contributed by atoms with Crippen LogP contribution in [-0.2, 0) is 65.5 Å². The minimum Gasteiger partial charge on any atom is -0.495 e. The zero-order valence-corrected chi connectivity index (χ0v) is 48.6. The molecule has 4 bridgehead atoms. The fourth-order valence-electron chi connectivity index (χ4n) is 9.61. The van der Waals surface area contributed by atoms with E-state index in [2.05, 4.69) is 26.6 Å². The van der Waals surface area contributed by atoms with Crippen molar-refractivity contribution in [1.82, 2.24) is 26.2 Å². The highest BCUT2D eigenvalue weighted by Gasteiger charge is 2.64. The second-order valence-corrected chi connectivity index (χ2v) is 21.6. The van der Waals surface area contributed by atoms with E-state index in [9.17, 15) is 43.2 Å². The number of primary amides is 1. The van der Waals surface area contributed by atoms with E-state index in [1.165, 1.54) is 26.0 Å². The molecule has 2 fully saturated rings. The number of amides is 8. The van der Waals surface area contributed by atoms with Crippen molar-refractivity contribution in [2.24, 2.45) is 17.6 Å². The first-order valence-corrected chi connectivity index (χ1v) is 27.5. The number of carbonyl (C=O) groups is 9. The Bertz CT molecular complexity index is 2650. The van der Waals surface area contributed by atoms with Gasteiger partial charge in [-0.1, -0.05) is 68.3 Å². The summed E-state index contributed by atoms with van der Waals surface area (Å²) in [7, 11) is 5.94. The maximum Gasteiger partial charge on any atom is 0.410 e. The van der Waals surface area contributed by atoms with Crippen molar-refractivity contribution in [3.8, 4) is 5.75 Å². The van der Waals surface area contributed by atoms with Gasteiger partial charge in [-0.05, 0) is 94.2 Å². The number of nitrogens with two attached hydrogens (primary N) is 1. The van der Waals surface area contributed by atoms with E-state index >= 15 is 0 Å². The molecule has 23 nitrogen and oxygen atoms in total. The number of urea groups is 1. The molecule has 2 aromatic carbocycles. The van der Waals surface area contributed by atoms with E-state index in [0.29, 0.717) is 54.8 Å². The van der Waals surface area contributed by atoms with Gasteiger partial charge >= 0.3 is 24.2 Å². The number of hydrogen-bond acceptors (Lipinski definition) is 15. The fourth-order valence-corrected chi connectivity index (χ4v) is 9.92. The number of halogens is 1. The molecule has 3 aliphatic heterocycles. The van der Waals surface area contributed by atoms with Crippen LogP contribution in [0, 0.1) is 11.8 Å². The van der Waals surface area contributed by atoms with Gasteiger partial charge in [-0.25, -0.2) is 19.2 Å². The van der Waals surface area contributed by atoms with Crippen LogP contribution in [0.15, 0.2) is 60.2 Å². The van der Waals surface area contributed by atoms with E-state index < -0.39 is 102 Å².